The fourth-order valence-corrected chi connectivity index (χ4v) is 1.75. The van der Waals surface area contributed by atoms with Crippen LogP contribution in [0.4, 0.5) is 0 Å². The Labute approximate surface area is 130 Å². The predicted octanol–water partition coefficient (Wildman–Crippen LogP) is 3.37. The summed E-state index contributed by atoms with van der Waals surface area (Å²) in [6, 6.07) is 5.85. The highest BCUT2D eigenvalue weighted by atomic mass is 16.4. The van der Waals surface area contributed by atoms with Gasteiger partial charge in [0, 0.05) is 18.9 Å². The molecule has 1 aromatic rings. The van der Waals surface area contributed by atoms with Crippen molar-refractivity contribution < 1.29 is 30.0 Å². The first-order valence-corrected chi connectivity index (χ1v) is 7.33. The van der Waals surface area contributed by atoms with Gasteiger partial charge in [0.25, 0.3) is 0 Å². The summed E-state index contributed by atoms with van der Waals surface area (Å²) in [4.78, 5) is 20.3. The number of carboxylic acid groups (broad SMARTS) is 2. The van der Waals surface area contributed by atoms with E-state index in [-0.39, 0.29) is 24.3 Å². The van der Waals surface area contributed by atoms with Gasteiger partial charge >= 0.3 is 11.9 Å². The van der Waals surface area contributed by atoms with E-state index in [4.69, 9.17) is 20.4 Å². The van der Waals surface area contributed by atoms with Gasteiger partial charge < -0.3 is 20.4 Å². The van der Waals surface area contributed by atoms with Crippen molar-refractivity contribution in [1.82, 2.24) is 0 Å². The van der Waals surface area contributed by atoms with Gasteiger partial charge in [-0.25, -0.2) is 0 Å². The van der Waals surface area contributed by atoms with E-state index in [9.17, 15) is 9.59 Å². The molecule has 6 nitrogen and oxygen atoms in total. The van der Waals surface area contributed by atoms with Gasteiger partial charge in [0.05, 0.1) is 0 Å². The number of benzene rings is 1. The number of hydrogen-bond donors (Lipinski definition) is 4. The van der Waals surface area contributed by atoms with E-state index in [2.05, 4.69) is 0 Å². The summed E-state index contributed by atoms with van der Waals surface area (Å²) in [5.74, 6) is -1.30. The second-order valence-electron chi connectivity index (χ2n) is 4.93. The molecule has 0 aliphatic rings. The van der Waals surface area contributed by atoms with E-state index in [1.807, 2.05) is 0 Å². The maximum atomic E-state index is 10.1. The number of phenols is 2. The fraction of sp³-hybridized carbons (Fsp3) is 0.500. The Hall–Kier alpha value is -2.24. The summed E-state index contributed by atoms with van der Waals surface area (Å²) in [5, 5.41) is 34.0. The first-order chi connectivity index (χ1) is 10.4. The standard InChI is InChI=1S/C10H18O4.C6H6O2/c11-9(12)7-5-3-1-2-4-6-8-10(13)14;7-5-2-1-3-6(8)4-5/h1-8H2,(H,11,12)(H,13,14);1-4,7-8H. The third kappa shape index (κ3) is 14.2. The molecule has 0 spiro atoms. The van der Waals surface area contributed by atoms with E-state index in [1.165, 1.54) is 18.2 Å². The maximum absolute atomic E-state index is 10.1. The van der Waals surface area contributed by atoms with Crippen LogP contribution in [0.3, 0.4) is 0 Å². The molecule has 0 aliphatic carbocycles. The average molecular weight is 312 g/mol. The van der Waals surface area contributed by atoms with Crippen LogP contribution >= 0.6 is 0 Å². The summed E-state index contributed by atoms with van der Waals surface area (Å²) >= 11 is 0. The minimum absolute atomic E-state index is 0.0880. The summed E-state index contributed by atoms with van der Waals surface area (Å²) in [7, 11) is 0. The lowest BCUT2D eigenvalue weighted by atomic mass is 10.1. The third-order valence-corrected chi connectivity index (χ3v) is 2.86. The summed E-state index contributed by atoms with van der Waals surface area (Å²) in [6.45, 7) is 0. The molecular weight excluding hydrogens is 288 g/mol. The van der Waals surface area contributed by atoms with E-state index < -0.39 is 11.9 Å². The molecule has 0 unspecified atom stereocenters. The van der Waals surface area contributed by atoms with Crippen LogP contribution in [0.15, 0.2) is 24.3 Å². The highest BCUT2D eigenvalue weighted by molar-refractivity contribution is 5.66. The molecule has 1 aromatic carbocycles. The molecule has 6 heteroatoms. The number of aromatic hydroxyl groups is 2. The smallest absolute Gasteiger partial charge is 0.303 e. The molecule has 0 fully saturated rings. The highest BCUT2D eigenvalue weighted by Gasteiger charge is 1.98. The molecule has 4 N–H and O–H groups in total. The minimum atomic E-state index is -0.740. The van der Waals surface area contributed by atoms with Crippen molar-refractivity contribution in [2.24, 2.45) is 0 Å². The first-order valence-electron chi connectivity index (χ1n) is 7.33. The van der Waals surface area contributed by atoms with Gasteiger partial charge in [0.1, 0.15) is 11.5 Å². The van der Waals surface area contributed by atoms with Crippen molar-refractivity contribution in [1.29, 1.82) is 0 Å². The Morgan fingerprint density at radius 2 is 1.09 bits per heavy atom. The van der Waals surface area contributed by atoms with E-state index in [0.717, 1.165) is 38.5 Å². The largest absolute Gasteiger partial charge is 0.508 e. The Kier molecular flexibility index (Phi) is 11.2. The quantitative estimate of drug-likeness (QED) is 0.520. The maximum Gasteiger partial charge on any atom is 0.303 e. The summed E-state index contributed by atoms with van der Waals surface area (Å²) in [5.41, 5.74) is 0. The zero-order valence-corrected chi connectivity index (χ0v) is 12.6. The van der Waals surface area contributed by atoms with Crippen molar-refractivity contribution in [2.45, 2.75) is 51.4 Å². The van der Waals surface area contributed by atoms with Gasteiger partial charge in [-0.15, -0.1) is 0 Å². The van der Waals surface area contributed by atoms with Crippen molar-refractivity contribution in [3.8, 4) is 11.5 Å². The Bertz CT molecular complexity index is 407. The van der Waals surface area contributed by atoms with Gasteiger partial charge in [0.15, 0.2) is 0 Å². The number of hydrogen-bond acceptors (Lipinski definition) is 4. The van der Waals surface area contributed by atoms with Gasteiger partial charge in [-0.3, -0.25) is 9.59 Å². The Balaban J connectivity index is 0.000000461. The first kappa shape index (κ1) is 19.8. The second kappa shape index (κ2) is 12.5. The molecule has 124 valence electrons. The molecule has 1 rings (SSSR count). The number of phenolic OH excluding ortho intramolecular Hbond substituents is 2. The molecule has 0 atom stereocenters. The minimum Gasteiger partial charge on any atom is -0.508 e. The monoisotopic (exact) mass is 312 g/mol. The zero-order chi connectivity index (χ0) is 16.8. The lowest BCUT2D eigenvalue weighted by Crippen LogP contribution is -1.94. The van der Waals surface area contributed by atoms with Crippen molar-refractivity contribution in [3.63, 3.8) is 0 Å². The molecule has 0 saturated heterocycles. The summed E-state index contributed by atoms with van der Waals surface area (Å²) in [6.07, 6.45) is 5.82. The SMILES string of the molecule is O=C(O)CCCCCCCCC(=O)O.Oc1cccc(O)c1. The van der Waals surface area contributed by atoms with Gasteiger partial charge in [-0.1, -0.05) is 31.7 Å². The fourth-order valence-electron chi connectivity index (χ4n) is 1.75. The van der Waals surface area contributed by atoms with Crippen molar-refractivity contribution >= 4 is 11.9 Å². The number of carboxylic acids is 2. The van der Waals surface area contributed by atoms with E-state index in [0.29, 0.717) is 0 Å². The molecule has 0 amide bonds. The normalized spacial score (nSPS) is 9.64. The number of rotatable bonds is 9. The van der Waals surface area contributed by atoms with E-state index >= 15 is 0 Å². The second-order valence-corrected chi connectivity index (χ2v) is 4.93. The molecular formula is C16H24O6. The lowest BCUT2D eigenvalue weighted by Gasteiger charge is -1.98. The molecule has 0 saturated carbocycles. The molecule has 22 heavy (non-hydrogen) atoms. The van der Waals surface area contributed by atoms with Crippen LogP contribution in [0, 0.1) is 0 Å². The van der Waals surface area contributed by atoms with Crippen molar-refractivity contribution in [3.05, 3.63) is 24.3 Å². The van der Waals surface area contributed by atoms with Crippen LogP contribution in [0.25, 0.3) is 0 Å². The topological polar surface area (TPSA) is 115 Å². The number of aliphatic carboxylic acids is 2. The molecule has 0 radical (unpaired) electrons. The van der Waals surface area contributed by atoms with Crippen LogP contribution in [0.5, 0.6) is 11.5 Å². The molecule has 0 aliphatic heterocycles. The van der Waals surface area contributed by atoms with Crippen LogP contribution in [0.2, 0.25) is 0 Å². The van der Waals surface area contributed by atoms with Crippen LogP contribution in [-0.4, -0.2) is 32.4 Å². The predicted molar refractivity (Wildman–Crippen MR) is 82.0 cm³/mol. The molecule has 0 aromatic heterocycles. The van der Waals surface area contributed by atoms with Crippen molar-refractivity contribution in [2.75, 3.05) is 0 Å². The van der Waals surface area contributed by atoms with Crippen LogP contribution < -0.4 is 0 Å². The average Bonchev–Trinajstić information content (AvgIpc) is 2.41. The number of unbranched alkanes of at least 4 members (excludes halogenated alkanes) is 5. The Morgan fingerprint density at radius 3 is 1.36 bits per heavy atom. The van der Waals surface area contributed by atoms with Gasteiger partial charge in [-0.2, -0.15) is 0 Å². The third-order valence-electron chi connectivity index (χ3n) is 2.86. The summed E-state index contributed by atoms with van der Waals surface area (Å²) < 4.78 is 0. The van der Waals surface area contributed by atoms with Crippen LogP contribution in [-0.2, 0) is 9.59 Å². The lowest BCUT2D eigenvalue weighted by molar-refractivity contribution is -0.138. The highest BCUT2D eigenvalue weighted by Crippen LogP contribution is 2.14. The van der Waals surface area contributed by atoms with E-state index in [1.54, 1.807) is 6.07 Å². The zero-order valence-electron chi connectivity index (χ0n) is 12.6. The van der Waals surface area contributed by atoms with Gasteiger partial charge in [-0.05, 0) is 25.0 Å². The number of carbonyl (C=O) groups is 2. The molecule has 0 bridgehead atoms. The van der Waals surface area contributed by atoms with Gasteiger partial charge in [0.2, 0.25) is 0 Å². The van der Waals surface area contributed by atoms with Crippen LogP contribution in [0.1, 0.15) is 51.4 Å². The molecule has 0 heterocycles. The Morgan fingerprint density at radius 1 is 0.727 bits per heavy atom.